The first-order chi connectivity index (χ1) is 7.19. The van der Waals surface area contributed by atoms with Crippen molar-refractivity contribution in [2.45, 2.75) is 6.42 Å². The van der Waals surface area contributed by atoms with E-state index in [1.54, 1.807) is 0 Å². The topological polar surface area (TPSA) is 54.1 Å². The molecule has 0 atom stereocenters. The minimum Gasteiger partial charge on any atom is -0.370 e. The van der Waals surface area contributed by atoms with Gasteiger partial charge in [0.2, 0.25) is 0 Å². The molecular weight excluding hydrogens is 188 g/mol. The largest absolute Gasteiger partial charge is 0.370 e. The predicted octanol–water partition coefficient (Wildman–Crippen LogP) is 0.823. The lowest BCUT2D eigenvalue weighted by Crippen LogP contribution is -2.39. The quantitative estimate of drug-likeness (QED) is 0.581. The van der Waals surface area contributed by atoms with Crippen LogP contribution in [0.15, 0.2) is 22.5 Å². The number of nitriles is 2. The second-order valence-electron chi connectivity index (χ2n) is 3.90. The minimum atomic E-state index is 0.492. The Hall–Kier alpha value is -1.94. The smallest absolute Gasteiger partial charge is 0.0973 e. The average molecular weight is 200 g/mol. The number of piperazine rings is 1. The van der Waals surface area contributed by atoms with Crippen molar-refractivity contribution in [2.75, 3.05) is 27.2 Å². The predicted molar refractivity (Wildman–Crippen MR) is 55.2 cm³/mol. The molecule has 0 radical (unpaired) electrons. The summed E-state index contributed by atoms with van der Waals surface area (Å²) >= 11 is 0. The molecule has 0 spiro atoms. The Bertz CT molecular complexity index is 402. The highest BCUT2D eigenvalue weighted by molar-refractivity contribution is 5.55. The van der Waals surface area contributed by atoms with E-state index < -0.39 is 0 Å². The normalized spacial score (nSPS) is 20.3. The molecule has 1 aliphatic carbocycles. The standard InChI is InChI=1S/C11H12N4/c1-14-3-4-15(2)11-9(7-13)5-8(6-12)10(11)14/h3-5H2,1-2H3. The van der Waals surface area contributed by atoms with E-state index in [1.165, 1.54) is 0 Å². The molecular formula is C11H12N4. The Morgan fingerprint density at radius 3 is 1.67 bits per heavy atom. The van der Waals surface area contributed by atoms with Gasteiger partial charge in [-0.25, -0.2) is 0 Å². The summed E-state index contributed by atoms with van der Waals surface area (Å²) in [7, 11) is 3.94. The van der Waals surface area contributed by atoms with Crippen LogP contribution in [0.25, 0.3) is 0 Å². The van der Waals surface area contributed by atoms with Gasteiger partial charge in [0.15, 0.2) is 0 Å². The van der Waals surface area contributed by atoms with Crippen molar-refractivity contribution in [3.8, 4) is 12.1 Å². The van der Waals surface area contributed by atoms with E-state index >= 15 is 0 Å². The lowest BCUT2D eigenvalue weighted by Gasteiger charge is -2.36. The van der Waals surface area contributed by atoms with E-state index in [-0.39, 0.29) is 0 Å². The first-order valence-corrected chi connectivity index (χ1v) is 4.88. The molecule has 0 saturated carbocycles. The first-order valence-electron chi connectivity index (χ1n) is 4.88. The van der Waals surface area contributed by atoms with Gasteiger partial charge in [0, 0.05) is 33.6 Å². The van der Waals surface area contributed by atoms with Gasteiger partial charge in [-0.2, -0.15) is 10.5 Å². The van der Waals surface area contributed by atoms with E-state index in [1.807, 2.05) is 14.1 Å². The van der Waals surface area contributed by atoms with Crippen LogP contribution >= 0.6 is 0 Å². The fraction of sp³-hybridized carbons (Fsp3) is 0.455. The molecule has 0 aromatic heterocycles. The number of nitrogens with zero attached hydrogens (tertiary/aromatic N) is 4. The average Bonchev–Trinajstić information content (AvgIpc) is 2.63. The van der Waals surface area contributed by atoms with Gasteiger partial charge in [0.1, 0.15) is 0 Å². The maximum absolute atomic E-state index is 9.03. The molecule has 4 nitrogen and oxygen atoms in total. The van der Waals surface area contributed by atoms with Gasteiger partial charge >= 0.3 is 0 Å². The van der Waals surface area contributed by atoms with Crippen molar-refractivity contribution in [3.63, 3.8) is 0 Å². The zero-order valence-corrected chi connectivity index (χ0v) is 8.91. The Labute approximate surface area is 89.3 Å². The fourth-order valence-corrected chi connectivity index (χ4v) is 2.16. The Kier molecular flexibility index (Phi) is 2.13. The molecule has 1 heterocycles. The number of likely N-dealkylation sites (N-methyl/N-ethyl adjacent to an activating group) is 2. The summed E-state index contributed by atoms with van der Waals surface area (Å²) < 4.78 is 0. The number of hydrogen-bond acceptors (Lipinski definition) is 4. The van der Waals surface area contributed by atoms with E-state index in [9.17, 15) is 0 Å². The van der Waals surface area contributed by atoms with Crippen LogP contribution in [0.3, 0.4) is 0 Å². The summed E-state index contributed by atoms with van der Waals surface area (Å²) in [5.74, 6) is 0. The van der Waals surface area contributed by atoms with Gasteiger partial charge in [-0.1, -0.05) is 0 Å². The van der Waals surface area contributed by atoms with Gasteiger partial charge in [-0.3, -0.25) is 0 Å². The third kappa shape index (κ3) is 1.27. The van der Waals surface area contributed by atoms with Crippen LogP contribution in [0.4, 0.5) is 0 Å². The van der Waals surface area contributed by atoms with Crippen molar-refractivity contribution in [3.05, 3.63) is 22.5 Å². The molecule has 0 unspecified atom stereocenters. The van der Waals surface area contributed by atoms with Crippen LogP contribution in [0.2, 0.25) is 0 Å². The van der Waals surface area contributed by atoms with Crippen LogP contribution in [0.1, 0.15) is 6.42 Å². The summed E-state index contributed by atoms with van der Waals surface area (Å²) in [6.45, 7) is 1.80. The number of hydrogen-bond donors (Lipinski definition) is 0. The first kappa shape index (κ1) is 9.61. The van der Waals surface area contributed by atoms with Crippen molar-refractivity contribution in [1.82, 2.24) is 9.80 Å². The molecule has 2 rings (SSSR count). The molecule has 0 aromatic rings. The molecule has 0 amide bonds. The second-order valence-corrected chi connectivity index (χ2v) is 3.90. The summed E-state index contributed by atoms with van der Waals surface area (Å²) in [6.07, 6.45) is 0.492. The van der Waals surface area contributed by atoms with Crippen LogP contribution in [-0.2, 0) is 0 Å². The van der Waals surface area contributed by atoms with E-state index in [2.05, 4.69) is 21.9 Å². The third-order valence-corrected chi connectivity index (χ3v) is 2.95. The van der Waals surface area contributed by atoms with Crippen LogP contribution in [0.5, 0.6) is 0 Å². The summed E-state index contributed by atoms with van der Waals surface area (Å²) in [5, 5.41) is 18.1. The van der Waals surface area contributed by atoms with Crippen LogP contribution in [-0.4, -0.2) is 37.0 Å². The summed E-state index contributed by atoms with van der Waals surface area (Å²) in [6, 6.07) is 4.39. The molecule has 2 aliphatic rings. The lowest BCUT2D eigenvalue weighted by molar-refractivity contribution is 0.276. The lowest BCUT2D eigenvalue weighted by atomic mass is 10.2. The van der Waals surface area contributed by atoms with E-state index in [0.717, 1.165) is 35.6 Å². The van der Waals surface area contributed by atoms with Crippen molar-refractivity contribution >= 4 is 0 Å². The Balaban J connectivity index is 2.55. The van der Waals surface area contributed by atoms with Crippen molar-refractivity contribution in [2.24, 2.45) is 0 Å². The Morgan fingerprint density at radius 2 is 1.33 bits per heavy atom. The number of rotatable bonds is 0. The van der Waals surface area contributed by atoms with Crippen molar-refractivity contribution < 1.29 is 0 Å². The fourth-order valence-electron chi connectivity index (χ4n) is 2.16. The SMILES string of the molecule is CN1CCN(C)C2=C(C#N)CC(C#N)=C21. The molecule has 0 aromatic carbocycles. The molecule has 1 fully saturated rings. The highest BCUT2D eigenvalue weighted by Gasteiger charge is 2.32. The monoisotopic (exact) mass is 200 g/mol. The Morgan fingerprint density at radius 1 is 0.933 bits per heavy atom. The zero-order valence-electron chi connectivity index (χ0n) is 8.91. The van der Waals surface area contributed by atoms with Gasteiger partial charge in [-0.15, -0.1) is 0 Å². The number of allylic oxidation sites excluding steroid dienone is 2. The van der Waals surface area contributed by atoms with Crippen molar-refractivity contribution in [1.29, 1.82) is 10.5 Å². The molecule has 4 heteroatoms. The van der Waals surface area contributed by atoms with Crippen LogP contribution < -0.4 is 0 Å². The molecule has 15 heavy (non-hydrogen) atoms. The second kappa shape index (κ2) is 3.33. The summed E-state index contributed by atoms with van der Waals surface area (Å²) in [4.78, 5) is 4.14. The van der Waals surface area contributed by atoms with Crippen LogP contribution in [0, 0.1) is 22.7 Å². The zero-order chi connectivity index (χ0) is 11.0. The van der Waals surface area contributed by atoms with Gasteiger partial charge < -0.3 is 9.80 Å². The maximum Gasteiger partial charge on any atom is 0.0973 e. The van der Waals surface area contributed by atoms with Gasteiger partial charge in [-0.05, 0) is 0 Å². The molecule has 0 N–H and O–H groups in total. The van der Waals surface area contributed by atoms with Gasteiger partial charge in [0.05, 0.1) is 34.7 Å². The van der Waals surface area contributed by atoms with E-state index in [0.29, 0.717) is 6.42 Å². The summed E-state index contributed by atoms with van der Waals surface area (Å²) in [5.41, 5.74) is 3.33. The highest BCUT2D eigenvalue weighted by atomic mass is 15.3. The molecule has 76 valence electrons. The third-order valence-electron chi connectivity index (χ3n) is 2.95. The molecule has 0 bridgehead atoms. The minimum absolute atomic E-state index is 0.492. The molecule has 1 saturated heterocycles. The molecule has 1 aliphatic heterocycles. The van der Waals surface area contributed by atoms with E-state index in [4.69, 9.17) is 10.5 Å². The maximum atomic E-state index is 9.03. The van der Waals surface area contributed by atoms with Gasteiger partial charge in [0.25, 0.3) is 0 Å². The number of fused-ring (bicyclic) bond motifs is 1. The highest BCUT2D eigenvalue weighted by Crippen LogP contribution is 2.36.